The summed E-state index contributed by atoms with van der Waals surface area (Å²) in [6, 6.07) is 94.2. The number of aryl methyl sites for hydroxylation is 4. The van der Waals surface area contributed by atoms with Crippen molar-refractivity contribution < 1.29 is 0 Å². The standard InChI is InChI=1S/C77H56N2/c1-3-19-64(20-4-1)77(65-21-5-2-6-22-65)43-42-66(78-73-26-9-7-24-68(73)70-48-62(37-40-75(70)78)56-17-11-15-54(44-56)60-34-30-51-28-32-58(51)46-60)23-13-14-53-36-39-67(50-72(53)77)79-74-27-10-8-25-69(74)71-49-63(38-41-76(71)79)57-18-12-16-55(45-57)61-35-31-52-29-33-59(52)47-61/h1-13,15-27,30-31,34-42,44-50H,14,28-29,32-33,43H2/b23-13-,66-42+. The van der Waals surface area contributed by atoms with Crippen LogP contribution in [0.2, 0.25) is 0 Å². The van der Waals surface area contributed by atoms with Gasteiger partial charge in [-0.3, -0.25) is 0 Å². The van der Waals surface area contributed by atoms with Crippen LogP contribution in [0.25, 0.3) is 99.5 Å². The van der Waals surface area contributed by atoms with Gasteiger partial charge < -0.3 is 9.13 Å². The van der Waals surface area contributed by atoms with Gasteiger partial charge in [0.2, 0.25) is 0 Å². The number of para-hydroxylation sites is 2. The summed E-state index contributed by atoms with van der Waals surface area (Å²) >= 11 is 0. The molecule has 374 valence electrons. The summed E-state index contributed by atoms with van der Waals surface area (Å²) in [5.74, 6) is 0. The molecule has 2 heterocycles. The highest BCUT2D eigenvalue weighted by Gasteiger charge is 2.38. The topological polar surface area (TPSA) is 9.86 Å². The molecule has 0 N–H and O–H groups in total. The van der Waals surface area contributed by atoms with Crippen LogP contribution in [0.15, 0.2) is 267 Å². The summed E-state index contributed by atoms with van der Waals surface area (Å²) in [4.78, 5) is 0. The molecule has 0 unspecified atom stereocenters. The molecule has 0 aliphatic heterocycles. The molecule has 16 rings (SSSR count). The Labute approximate surface area is 461 Å². The van der Waals surface area contributed by atoms with E-state index in [4.69, 9.17) is 0 Å². The zero-order valence-corrected chi connectivity index (χ0v) is 44.0. The fourth-order valence-corrected chi connectivity index (χ4v) is 13.7. The van der Waals surface area contributed by atoms with Crippen molar-refractivity contribution in [3.8, 4) is 50.2 Å². The molecule has 2 nitrogen and oxygen atoms in total. The van der Waals surface area contributed by atoms with E-state index >= 15 is 0 Å². The SMILES string of the molecule is C1=C\C(n2c3ccccc3c3cc(-c4cccc(-c5ccc6c(c5)CC6)c4)ccc32)=C/CC(c2ccccc2)(c2ccccc2)c2cc(-n3c4ccccc4c4cc(-c5cccc(-c6ccc7c(c6)CC7)c5)ccc43)ccc2C/1. The fraction of sp³-hybridized carbons (Fsp3) is 0.0909. The van der Waals surface area contributed by atoms with Crippen molar-refractivity contribution in [3.05, 3.63) is 311 Å². The van der Waals surface area contributed by atoms with Crippen molar-refractivity contribution in [2.45, 2.75) is 43.9 Å². The largest absolute Gasteiger partial charge is 0.310 e. The molecular weight excluding hydrogens is 953 g/mol. The Morgan fingerprint density at radius 2 is 0.747 bits per heavy atom. The van der Waals surface area contributed by atoms with E-state index < -0.39 is 5.41 Å². The van der Waals surface area contributed by atoms with E-state index in [0.29, 0.717) is 0 Å². The summed E-state index contributed by atoms with van der Waals surface area (Å²) in [7, 11) is 0. The first kappa shape index (κ1) is 45.7. The van der Waals surface area contributed by atoms with Gasteiger partial charge >= 0.3 is 0 Å². The van der Waals surface area contributed by atoms with E-state index in [2.05, 4.69) is 276 Å². The third-order valence-corrected chi connectivity index (χ3v) is 18.0. The van der Waals surface area contributed by atoms with Gasteiger partial charge in [0.05, 0.1) is 22.1 Å². The third kappa shape index (κ3) is 7.46. The summed E-state index contributed by atoms with van der Waals surface area (Å²) in [6.07, 6.45) is 13.6. The van der Waals surface area contributed by atoms with Gasteiger partial charge in [-0.25, -0.2) is 0 Å². The Bertz CT molecular complexity index is 4620. The second-order valence-corrected chi connectivity index (χ2v) is 22.2. The van der Waals surface area contributed by atoms with Gasteiger partial charge in [0, 0.05) is 38.3 Å². The normalized spacial score (nSPS) is 15.5. The molecule has 13 aromatic rings. The van der Waals surface area contributed by atoms with Gasteiger partial charge in [0.1, 0.15) is 0 Å². The monoisotopic (exact) mass is 1010 g/mol. The number of nitrogens with zero attached hydrogens (tertiary/aromatic N) is 2. The van der Waals surface area contributed by atoms with Gasteiger partial charge in [-0.1, -0.05) is 200 Å². The molecule has 0 amide bonds. The maximum absolute atomic E-state index is 2.53. The molecule has 0 bridgehead atoms. The number of benzene rings is 11. The predicted octanol–water partition coefficient (Wildman–Crippen LogP) is 19.1. The molecule has 3 aliphatic carbocycles. The van der Waals surface area contributed by atoms with Crippen molar-refractivity contribution in [1.82, 2.24) is 9.13 Å². The molecule has 0 fully saturated rings. The summed E-state index contributed by atoms with van der Waals surface area (Å²) in [5, 5.41) is 5.01. The van der Waals surface area contributed by atoms with E-state index in [1.54, 1.807) is 0 Å². The Balaban J connectivity index is 0.837. The number of allylic oxidation sites excluding steroid dienone is 4. The first-order valence-electron chi connectivity index (χ1n) is 28.2. The highest BCUT2D eigenvalue weighted by Crippen LogP contribution is 2.48. The number of fused-ring (bicyclic) bond motifs is 9. The van der Waals surface area contributed by atoms with E-state index in [0.717, 1.165) is 18.5 Å². The average molecular weight is 1010 g/mol. The van der Waals surface area contributed by atoms with Gasteiger partial charge in [0.25, 0.3) is 0 Å². The number of rotatable bonds is 8. The number of hydrogen-bond acceptors (Lipinski definition) is 0. The first-order valence-corrected chi connectivity index (χ1v) is 28.2. The van der Waals surface area contributed by atoms with E-state index in [-0.39, 0.29) is 0 Å². The van der Waals surface area contributed by atoms with Crippen LogP contribution in [0, 0.1) is 0 Å². The van der Waals surface area contributed by atoms with Crippen molar-refractivity contribution in [1.29, 1.82) is 0 Å². The van der Waals surface area contributed by atoms with Crippen LogP contribution < -0.4 is 0 Å². The Kier molecular flexibility index (Phi) is 10.6. The first-order chi connectivity index (χ1) is 39.1. The fourth-order valence-electron chi connectivity index (χ4n) is 13.7. The molecule has 79 heavy (non-hydrogen) atoms. The van der Waals surface area contributed by atoms with Gasteiger partial charge in [-0.15, -0.1) is 0 Å². The lowest BCUT2D eigenvalue weighted by Gasteiger charge is -2.37. The maximum atomic E-state index is 2.53. The highest BCUT2D eigenvalue weighted by atomic mass is 15.0. The maximum Gasteiger partial charge on any atom is 0.0541 e. The van der Waals surface area contributed by atoms with Gasteiger partial charge in [-0.05, 0) is 194 Å². The number of hydrogen-bond donors (Lipinski definition) is 0. The minimum absolute atomic E-state index is 0.543. The van der Waals surface area contributed by atoms with Crippen molar-refractivity contribution in [2.24, 2.45) is 0 Å². The van der Waals surface area contributed by atoms with E-state index in [9.17, 15) is 0 Å². The minimum Gasteiger partial charge on any atom is -0.310 e. The smallest absolute Gasteiger partial charge is 0.0541 e. The molecule has 3 aliphatic rings. The van der Waals surface area contributed by atoms with E-state index in [1.165, 1.54) is 164 Å². The zero-order chi connectivity index (χ0) is 52.0. The lowest BCUT2D eigenvalue weighted by atomic mass is 9.65. The van der Waals surface area contributed by atoms with Crippen LogP contribution in [-0.4, -0.2) is 9.13 Å². The zero-order valence-electron chi connectivity index (χ0n) is 44.0. The lowest BCUT2D eigenvalue weighted by molar-refractivity contribution is 0.621. The molecule has 0 saturated heterocycles. The van der Waals surface area contributed by atoms with Crippen LogP contribution in [0.5, 0.6) is 0 Å². The van der Waals surface area contributed by atoms with Gasteiger partial charge in [0.15, 0.2) is 0 Å². The Hall–Kier alpha value is -9.50. The lowest BCUT2D eigenvalue weighted by Crippen LogP contribution is -2.30. The summed E-state index contributed by atoms with van der Waals surface area (Å²) in [6.45, 7) is 0. The second-order valence-electron chi connectivity index (χ2n) is 22.2. The van der Waals surface area contributed by atoms with Crippen molar-refractivity contribution in [3.63, 3.8) is 0 Å². The molecule has 0 radical (unpaired) electrons. The molecule has 2 heteroatoms. The molecule has 2 aromatic heterocycles. The average Bonchev–Trinajstić information content (AvgIpc) is 4.05. The van der Waals surface area contributed by atoms with Crippen molar-refractivity contribution in [2.75, 3.05) is 0 Å². The van der Waals surface area contributed by atoms with Crippen LogP contribution in [0.1, 0.15) is 50.9 Å². The van der Waals surface area contributed by atoms with Crippen LogP contribution >= 0.6 is 0 Å². The quantitative estimate of drug-likeness (QED) is 0.144. The van der Waals surface area contributed by atoms with E-state index in [1.807, 2.05) is 0 Å². The van der Waals surface area contributed by atoms with Crippen molar-refractivity contribution >= 4 is 49.3 Å². The van der Waals surface area contributed by atoms with Crippen LogP contribution in [-0.2, 0) is 37.5 Å². The Morgan fingerprint density at radius 1 is 0.304 bits per heavy atom. The molecule has 0 atom stereocenters. The van der Waals surface area contributed by atoms with Crippen LogP contribution in [0.4, 0.5) is 0 Å². The molecule has 11 aromatic carbocycles. The second kappa shape index (κ2) is 18.3. The highest BCUT2D eigenvalue weighted by molar-refractivity contribution is 6.12. The minimum atomic E-state index is -0.543. The summed E-state index contributed by atoms with van der Waals surface area (Å²) < 4.78 is 5.02. The molecular formula is C77H56N2. The molecule has 0 spiro atoms. The van der Waals surface area contributed by atoms with Crippen LogP contribution in [0.3, 0.4) is 0 Å². The predicted molar refractivity (Wildman–Crippen MR) is 331 cm³/mol. The summed E-state index contributed by atoms with van der Waals surface area (Å²) in [5.41, 5.74) is 27.8. The van der Waals surface area contributed by atoms with Gasteiger partial charge in [-0.2, -0.15) is 0 Å². The third-order valence-electron chi connectivity index (χ3n) is 18.0. The Morgan fingerprint density at radius 3 is 1.28 bits per heavy atom. The molecule has 0 saturated carbocycles. The number of aromatic nitrogens is 2.